The van der Waals surface area contributed by atoms with E-state index in [9.17, 15) is 4.79 Å². The predicted molar refractivity (Wildman–Crippen MR) is 109 cm³/mol. The van der Waals surface area contributed by atoms with Gasteiger partial charge in [-0.1, -0.05) is 12.1 Å². The minimum Gasteiger partial charge on any atom is -0.480 e. The van der Waals surface area contributed by atoms with Gasteiger partial charge in [-0.2, -0.15) is 0 Å². The number of nitrogens with zero attached hydrogens (tertiary/aromatic N) is 2. The Morgan fingerprint density at radius 3 is 2.52 bits per heavy atom. The number of primary amides is 1. The summed E-state index contributed by atoms with van der Waals surface area (Å²) >= 11 is 0. The average Bonchev–Trinajstić information content (AvgIpc) is 3.38. The zero-order valence-electron chi connectivity index (χ0n) is 16.3. The molecule has 4 rings (SSSR count). The average molecular weight is 392 g/mol. The van der Waals surface area contributed by atoms with Gasteiger partial charge in [0.05, 0.1) is 12.7 Å². The molecule has 0 spiro atoms. The van der Waals surface area contributed by atoms with Crippen molar-refractivity contribution in [3.05, 3.63) is 71.4 Å². The first-order valence-corrected chi connectivity index (χ1v) is 9.62. The summed E-state index contributed by atoms with van der Waals surface area (Å²) in [7, 11) is 1.65. The molecular weight excluding hydrogens is 368 g/mol. The molecule has 1 aromatic heterocycles. The molecule has 0 aliphatic carbocycles. The van der Waals surface area contributed by atoms with Gasteiger partial charge < -0.3 is 15.2 Å². The van der Waals surface area contributed by atoms with Crippen molar-refractivity contribution in [3.8, 4) is 17.4 Å². The molecule has 1 saturated heterocycles. The normalized spacial score (nSPS) is 16.7. The van der Waals surface area contributed by atoms with Gasteiger partial charge in [-0.3, -0.25) is 14.8 Å². The second-order valence-corrected chi connectivity index (χ2v) is 7.11. The number of likely N-dealkylation sites (tertiary alicyclic amines) is 1. The van der Waals surface area contributed by atoms with E-state index in [2.05, 4.69) is 27.2 Å². The molecule has 1 atom stereocenters. The van der Waals surface area contributed by atoms with Crippen LogP contribution in [0.1, 0.15) is 40.4 Å². The molecule has 0 saturated carbocycles. The van der Waals surface area contributed by atoms with E-state index in [1.807, 2.05) is 18.3 Å². The lowest BCUT2D eigenvalue weighted by atomic mass is 10.1. The maximum absolute atomic E-state index is 11.1. The number of rotatable bonds is 7. The molecule has 0 unspecified atom stereocenters. The van der Waals surface area contributed by atoms with E-state index in [-0.39, 0.29) is 0 Å². The highest BCUT2D eigenvalue weighted by Crippen LogP contribution is 2.37. The number of H-pyrrole nitrogens is 1. The molecule has 2 heterocycles. The third-order valence-electron chi connectivity index (χ3n) is 5.23. The van der Waals surface area contributed by atoms with E-state index >= 15 is 0 Å². The number of aromatic nitrogens is 2. The van der Waals surface area contributed by atoms with Crippen molar-refractivity contribution in [2.75, 3.05) is 13.7 Å². The number of benzene rings is 2. The maximum atomic E-state index is 11.1. The molecular formula is C22H24N4O3. The van der Waals surface area contributed by atoms with Gasteiger partial charge in [-0.05, 0) is 61.3 Å². The monoisotopic (exact) mass is 392 g/mol. The van der Waals surface area contributed by atoms with Crippen LogP contribution in [-0.2, 0) is 6.54 Å². The van der Waals surface area contributed by atoms with Crippen LogP contribution in [0.2, 0.25) is 0 Å². The number of amides is 1. The summed E-state index contributed by atoms with van der Waals surface area (Å²) in [6, 6.07) is 15.2. The SMILES string of the molecule is COc1n[nH]cc1[C@H]1CCCN1Cc1ccc(Oc2ccc(C(N)=O)cc2)cc1. The van der Waals surface area contributed by atoms with Crippen molar-refractivity contribution in [1.29, 1.82) is 0 Å². The second-order valence-electron chi connectivity index (χ2n) is 7.11. The van der Waals surface area contributed by atoms with Gasteiger partial charge in [-0.15, -0.1) is 5.10 Å². The number of nitrogens with two attached hydrogens (primary N) is 1. The zero-order valence-corrected chi connectivity index (χ0v) is 16.3. The second kappa shape index (κ2) is 8.36. The molecule has 7 nitrogen and oxygen atoms in total. The highest BCUT2D eigenvalue weighted by molar-refractivity contribution is 5.92. The molecule has 29 heavy (non-hydrogen) atoms. The van der Waals surface area contributed by atoms with Gasteiger partial charge in [-0.25, -0.2) is 0 Å². The van der Waals surface area contributed by atoms with Crippen molar-refractivity contribution in [2.24, 2.45) is 5.73 Å². The molecule has 1 fully saturated rings. The molecule has 1 amide bonds. The number of hydrogen-bond donors (Lipinski definition) is 2. The largest absolute Gasteiger partial charge is 0.480 e. The fraction of sp³-hybridized carbons (Fsp3) is 0.273. The summed E-state index contributed by atoms with van der Waals surface area (Å²) < 4.78 is 11.2. The van der Waals surface area contributed by atoms with Gasteiger partial charge in [0.1, 0.15) is 11.5 Å². The first-order chi connectivity index (χ1) is 14.1. The summed E-state index contributed by atoms with van der Waals surface area (Å²) in [6.45, 7) is 1.90. The van der Waals surface area contributed by atoms with Crippen molar-refractivity contribution in [2.45, 2.75) is 25.4 Å². The van der Waals surface area contributed by atoms with Gasteiger partial charge in [0.15, 0.2) is 0 Å². The van der Waals surface area contributed by atoms with Crippen LogP contribution in [0.15, 0.2) is 54.7 Å². The summed E-state index contributed by atoms with van der Waals surface area (Å²) in [5.41, 5.74) is 8.05. The van der Waals surface area contributed by atoms with Gasteiger partial charge in [0.2, 0.25) is 11.8 Å². The number of methoxy groups -OCH3 is 1. The molecule has 0 bridgehead atoms. The maximum Gasteiger partial charge on any atom is 0.248 e. The van der Waals surface area contributed by atoms with E-state index in [1.165, 1.54) is 5.56 Å². The number of ether oxygens (including phenoxy) is 2. The lowest BCUT2D eigenvalue weighted by molar-refractivity contribution is 0.100. The van der Waals surface area contributed by atoms with E-state index < -0.39 is 5.91 Å². The quantitative estimate of drug-likeness (QED) is 0.640. The molecule has 1 aliphatic rings. The summed E-state index contributed by atoms with van der Waals surface area (Å²) in [4.78, 5) is 13.6. The highest BCUT2D eigenvalue weighted by atomic mass is 16.5. The first-order valence-electron chi connectivity index (χ1n) is 9.62. The third-order valence-corrected chi connectivity index (χ3v) is 5.23. The van der Waals surface area contributed by atoms with Gasteiger partial charge in [0.25, 0.3) is 0 Å². The number of hydrogen-bond acceptors (Lipinski definition) is 5. The Labute approximate surface area is 169 Å². The van der Waals surface area contributed by atoms with Crippen molar-refractivity contribution < 1.29 is 14.3 Å². The van der Waals surface area contributed by atoms with Crippen molar-refractivity contribution in [1.82, 2.24) is 15.1 Å². The van der Waals surface area contributed by atoms with E-state index in [0.717, 1.165) is 37.2 Å². The highest BCUT2D eigenvalue weighted by Gasteiger charge is 2.29. The van der Waals surface area contributed by atoms with Crippen LogP contribution in [0.4, 0.5) is 0 Å². The Kier molecular flexibility index (Phi) is 5.48. The van der Waals surface area contributed by atoms with Crippen LogP contribution < -0.4 is 15.2 Å². The van der Waals surface area contributed by atoms with Crippen molar-refractivity contribution >= 4 is 5.91 Å². The first kappa shape index (κ1) is 19.0. The van der Waals surface area contributed by atoms with E-state index in [1.54, 1.807) is 31.4 Å². The molecule has 3 aromatic rings. The summed E-state index contributed by atoms with van der Waals surface area (Å²) in [5, 5.41) is 7.08. The lowest BCUT2D eigenvalue weighted by Crippen LogP contribution is -2.22. The fourth-order valence-electron chi connectivity index (χ4n) is 3.78. The molecule has 1 aliphatic heterocycles. The Morgan fingerprint density at radius 1 is 1.17 bits per heavy atom. The van der Waals surface area contributed by atoms with Crippen LogP contribution in [0, 0.1) is 0 Å². The number of carbonyl (C=O) groups excluding carboxylic acids is 1. The predicted octanol–water partition coefficient (Wildman–Crippen LogP) is 3.65. The fourth-order valence-corrected chi connectivity index (χ4v) is 3.78. The molecule has 3 N–H and O–H groups in total. The Hall–Kier alpha value is -3.32. The zero-order chi connectivity index (χ0) is 20.2. The Bertz CT molecular complexity index is 966. The lowest BCUT2D eigenvalue weighted by Gasteiger charge is -2.24. The van der Waals surface area contributed by atoms with E-state index in [0.29, 0.717) is 23.2 Å². The van der Waals surface area contributed by atoms with Crippen molar-refractivity contribution in [3.63, 3.8) is 0 Å². The number of nitrogens with one attached hydrogen (secondary N) is 1. The van der Waals surface area contributed by atoms with Crippen LogP contribution >= 0.6 is 0 Å². The number of carbonyl (C=O) groups is 1. The minimum absolute atomic E-state index is 0.309. The van der Waals surface area contributed by atoms with Crippen LogP contribution in [0.25, 0.3) is 0 Å². The Morgan fingerprint density at radius 2 is 1.86 bits per heavy atom. The topological polar surface area (TPSA) is 93.5 Å². The molecule has 2 aromatic carbocycles. The number of aromatic amines is 1. The Balaban J connectivity index is 1.40. The molecule has 7 heteroatoms. The molecule has 0 radical (unpaired) electrons. The van der Waals surface area contributed by atoms with Crippen LogP contribution in [-0.4, -0.2) is 34.7 Å². The third kappa shape index (κ3) is 4.25. The van der Waals surface area contributed by atoms with Gasteiger partial charge in [0, 0.05) is 24.3 Å². The standard InChI is InChI=1S/C22H24N4O3/c1-28-22-19(13-24-25-22)20-3-2-12-26(20)14-15-4-8-17(9-5-15)29-18-10-6-16(7-11-18)21(23)27/h4-11,13,20H,2-3,12,14H2,1H3,(H2,23,27)(H,24,25)/t20-/m1/s1. The van der Waals surface area contributed by atoms with E-state index in [4.69, 9.17) is 15.2 Å². The van der Waals surface area contributed by atoms with Crippen LogP contribution in [0.5, 0.6) is 17.4 Å². The smallest absolute Gasteiger partial charge is 0.248 e. The van der Waals surface area contributed by atoms with Gasteiger partial charge >= 0.3 is 0 Å². The summed E-state index contributed by atoms with van der Waals surface area (Å²) in [6.07, 6.45) is 4.18. The summed E-state index contributed by atoms with van der Waals surface area (Å²) in [5.74, 6) is 1.63. The van der Waals surface area contributed by atoms with Crippen LogP contribution in [0.3, 0.4) is 0 Å². The molecule has 150 valence electrons. The minimum atomic E-state index is -0.450.